The first kappa shape index (κ1) is 9.93. The summed E-state index contributed by atoms with van der Waals surface area (Å²) in [5.41, 5.74) is 5.64. The van der Waals surface area contributed by atoms with Crippen LogP contribution in [0.3, 0.4) is 0 Å². The molecule has 0 amide bonds. The van der Waals surface area contributed by atoms with Crippen LogP contribution in [0.4, 0.5) is 5.69 Å². The Labute approximate surface area is 89.3 Å². The minimum Gasteiger partial charge on any atom is -0.322 e. The molecular formula is C12H15N3. The van der Waals surface area contributed by atoms with Crippen molar-refractivity contribution in [3.8, 4) is 0 Å². The standard InChI is InChI=1S/C12H15N3/c1-8(2)12-11(15-13)7-9-5-3-4-6-10(9)14-12/h3-8,15H,13H2,1-2H3. The lowest BCUT2D eigenvalue weighted by Gasteiger charge is -2.12. The second-order valence-electron chi connectivity index (χ2n) is 3.91. The van der Waals surface area contributed by atoms with E-state index < -0.39 is 0 Å². The number of hydrazine groups is 1. The minimum atomic E-state index is 0.362. The predicted octanol–water partition coefficient (Wildman–Crippen LogP) is 2.64. The van der Waals surface area contributed by atoms with Crippen molar-refractivity contribution in [1.29, 1.82) is 0 Å². The van der Waals surface area contributed by atoms with Crippen LogP contribution < -0.4 is 11.3 Å². The maximum Gasteiger partial charge on any atom is 0.0710 e. The van der Waals surface area contributed by atoms with Crippen LogP contribution in [-0.2, 0) is 0 Å². The van der Waals surface area contributed by atoms with Gasteiger partial charge in [0.05, 0.1) is 16.9 Å². The summed E-state index contributed by atoms with van der Waals surface area (Å²) >= 11 is 0. The number of hydrogen-bond donors (Lipinski definition) is 2. The SMILES string of the molecule is CC(C)c1nc2ccccc2cc1NN. The summed E-state index contributed by atoms with van der Waals surface area (Å²) in [6, 6.07) is 10.1. The van der Waals surface area contributed by atoms with Crippen LogP contribution in [-0.4, -0.2) is 4.98 Å². The molecule has 0 aliphatic carbocycles. The highest BCUT2D eigenvalue weighted by Gasteiger charge is 2.08. The van der Waals surface area contributed by atoms with E-state index in [0.717, 1.165) is 22.3 Å². The fourth-order valence-electron chi connectivity index (χ4n) is 1.69. The minimum absolute atomic E-state index is 0.362. The number of pyridine rings is 1. The molecule has 0 saturated carbocycles. The average molecular weight is 201 g/mol. The lowest BCUT2D eigenvalue weighted by molar-refractivity contribution is 0.831. The Morgan fingerprint density at radius 1 is 1.27 bits per heavy atom. The number of nitrogens with one attached hydrogen (secondary N) is 1. The smallest absolute Gasteiger partial charge is 0.0710 e. The highest BCUT2D eigenvalue weighted by Crippen LogP contribution is 2.25. The third kappa shape index (κ3) is 1.78. The van der Waals surface area contributed by atoms with E-state index in [1.165, 1.54) is 0 Å². The number of anilines is 1. The summed E-state index contributed by atoms with van der Waals surface area (Å²) in [5, 5.41) is 1.11. The number of para-hydroxylation sites is 1. The van der Waals surface area contributed by atoms with E-state index in [9.17, 15) is 0 Å². The molecule has 0 atom stereocenters. The van der Waals surface area contributed by atoms with Crippen molar-refractivity contribution in [2.75, 3.05) is 5.43 Å². The Hall–Kier alpha value is -1.61. The Balaban J connectivity index is 2.69. The van der Waals surface area contributed by atoms with E-state index in [1.807, 2.05) is 30.3 Å². The molecule has 0 fully saturated rings. The molecule has 3 heteroatoms. The summed E-state index contributed by atoms with van der Waals surface area (Å²) in [6.45, 7) is 4.22. The van der Waals surface area contributed by atoms with Gasteiger partial charge in [-0.25, -0.2) is 0 Å². The second-order valence-corrected chi connectivity index (χ2v) is 3.91. The summed E-state index contributed by atoms with van der Waals surface area (Å²) in [7, 11) is 0. The van der Waals surface area contributed by atoms with Gasteiger partial charge in [-0.3, -0.25) is 10.8 Å². The van der Waals surface area contributed by atoms with Crippen LogP contribution in [0.15, 0.2) is 30.3 Å². The number of nitrogens with two attached hydrogens (primary N) is 1. The topological polar surface area (TPSA) is 50.9 Å². The zero-order valence-corrected chi connectivity index (χ0v) is 8.99. The van der Waals surface area contributed by atoms with Crippen LogP contribution >= 0.6 is 0 Å². The van der Waals surface area contributed by atoms with E-state index >= 15 is 0 Å². The molecule has 2 aromatic rings. The number of fused-ring (bicyclic) bond motifs is 1. The van der Waals surface area contributed by atoms with Crippen LogP contribution in [0.5, 0.6) is 0 Å². The van der Waals surface area contributed by atoms with Gasteiger partial charge in [0.1, 0.15) is 0 Å². The van der Waals surface area contributed by atoms with Gasteiger partial charge in [0.2, 0.25) is 0 Å². The van der Waals surface area contributed by atoms with Crippen molar-refractivity contribution in [3.05, 3.63) is 36.0 Å². The number of hydrogen-bond acceptors (Lipinski definition) is 3. The van der Waals surface area contributed by atoms with Crippen LogP contribution in [0.1, 0.15) is 25.5 Å². The van der Waals surface area contributed by atoms with Crippen molar-refractivity contribution in [2.24, 2.45) is 5.84 Å². The molecule has 3 N–H and O–H groups in total. The van der Waals surface area contributed by atoms with Crippen molar-refractivity contribution in [3.63, 3.8) is 0 Å². The van der Waals surface area contributed by atoms with Gasteiger partial charge < -0.3 is 5.43 Å². The summed E-state index contributed by atoms with van der Waals surface area (Å²) in [6.07, 6.45) is 0. The number of benzene rings is 1. The summed E-state index contributed by atoms with van der Waals surface area (Å²) in [5.74, 6) is 5.85. The maximum atomic E-state index is 5.49. The fraction of sp³-hybridized carbons (Fsp3) is 0.250. The summed E-state index contributed by atoms with van der Waals surface area (Å²) < 4.78 is 0. The molecule has 1 aromatic carbocycles. The first-order valence-corrected chi connectivity index (χ1v) is 5.08. The lowest BCUT2D eigenvalue weighted by atomic mass is 10.1. The van der Waals surface area contributed by atoms with Crippen LogP contribution in [0, 0.1) is 0 Å². The average Bonchev–Trinajstić information content (AvgIpc) is 2.27. The zero-order chi connectivity index (χ0) is 10.8. The van der Waals surface area contributed by atoms with Crippen molar-refractivity contribution >= 4 is 16.6 Å². The summed E-state index contributed by atoms with van der Waals surface area (Å²) in [4.78, 5) is 4.60. The molecule has 2 rings (SSSR count). The van der Waals surface area contributed by atoms with Crippen molar-refractivity contribution in [1.82, 2.24) is 4.98 Å². The van der Waals surface area contributed by atoms with Gasteiger partial charge in [-0.05, 0) is 18.1 Å². The lowest BCUT2D eigenvalue weighted by Crippen LogP contribution is -2.11. The van der Waals surface area contributed by atoms with E-state index in [4.69, 9.17) is 5.84 Å². The van der Waals surface area contributed by atoms with E-state index in [1.54, 1.807) is 0 Å². The molecule has 3 nitrogen and oxygen atoms in total. The number of aromatic nitrogens is 1. The zero-order valence-electron chi connectivity index (χ0n) is 8.99. The molecule has 0 aliphatic rings. The van der Waals surface area contributed by atoms with E-state index in [2.05, 4.69) is 24.3 Å². The van der Waals surface area contributed by atoms with Gasteiger partial charge in [0.15, 0.2) is 0 Å². The van der Waals surface area contributed by atoms with E-state index in [-0.39, 0.29) is 0 Å². The van der Waals surface area contributed by atoms with Gasteiger partial charge >= 0.3 is 0 Å². The Bertz CT molecular complexity index is 477. The first-order valence-electron chi connectivity index (χ1n) is 5.08. The highest BCUT2D eigenvalue weighted by molar-refractivity contribution is 5.82. The molecule has 0 spiro atoms. The molecule has 15 heavy (non-hydrogen) atoms. The molecule has 0 unspecified atom stereocenters. The monoisotopic (exact) mass is 201 g/mol. The van der Waals surface area contributed by atoms with Gasteiger partial charge in [-0.2, -0.15) is 0 Å². The number of nitrogens with zero attached hydrogens (tertiary/aromatic N) is 1. The fourth-order valence-corrected chi connectivity index (χ4v) is 1.69. The normalized spacial score (nSPS) is 10.9. The molecule has 0 saturated heterocycles. The largest absolute Gasteiger partial charge is 0.322 e. The number of nitrogen functional groups attached to an aromatic ring is 1. The third-order valence-corrected chi connectivity index (χ3v) is 2.46. The van der Waals surface area contributed by atoms with Gasteiger partial charge in [0.25, 0.3) is 0 Å². The molecular weight excluding hydrogens is 186 g/mol. The molecule has 0 radical (unpaired) electrons. The van der Waals surface area contributed by atoms with Gasteiger partial charge in [-0.15, -0.1) is 0 Å². The maximum absolute atomic E-state index is 5.49. The molecule has 0 aliphatic heterocycles. The van der Waals surface area contributed by atoms with E-state index in [0.29, 0.717) is 5.92 Å². The third-order valence-electron chi connectivity index (χ3n) is 2.46. The van der Waals surface area contributed by atoms with Crippen LogP contribution in [0.2, 0.25) is 0 Å². The van der Waals surface area contributed by atoms with Crippen molar-refractivity contribution in [2.45, 2.75) is 19.8 Å². The molecule has 1 heterocycles. The molecule has 0 bridgehead atoms. The van der Waals surface area contributed by atoms with Crippen molar-refractivity contribution < 1.29 is 0 Å². The van der Waals surface area contributed by atoms with Gasteiger partial charge in [0, 0.05) is 5.39 Å². The van der Waals surface area contributed by atoms with Gasteiger partial charge in [-0.1, -0.05) is 32.0 Å². The first-order chi connectivity index (χ1) is 7.22. The molecule has 1 aromatic heterocycles. The molecule has 78 valence electrons. The Morgan fingerprint density at radius 3 is 2.67 bits per heavy atom. The Kier molecular flexibility index (Phi) is 2.56. The van der Waals surface area contributed by atoms with Crippen LogP contribution in [0.25, 0.3) is 10.9 Å². The Morgan fingerprint density at radius 2 is 2.00 bits per heavy atom. The highest BCUT2D eigenvalue weighted by atomic mass is 15.2. The predicted molar refractivity (Wildman–Crippen MR) is 63.6 cm³/mol. The quantitative estimate of drug-likeness (QED) is 0.580. The number of rotatable bonds is 2. The second kappa shape index (κ2) is 3.87.